The molecule has 0 fully saturated rings. The molecule has 0 aromatic heterocycles. The van der Waals surface area contributed by atoms with E-state index in [-0.39, 0.29) is 11.5 Å². The van der Waals surface area contributed by atoms with E-state index in [9.17, 15) is 13.5 Å². The van der Waals surface area contributed by atoms with Crippen LogP contribution < -0.4 is 0 Å². The molecule has 0 atom stereocenters. The van der Waals surface area contributed by atoms with E-state index < -0.39 is 9.84 Å². The van der Waals surface area contributed by atoms with Crippen LogP contribution >= 0.6 is 22.6 Å². The van der Waals surface area contributed by atoms with Crippen LogP contribution in [0.4, 0.5) is 0 Å². The summed E-state index contributed by atoms with van der Waals surface area (Å²) in [6.45, 7) is 1.79. The summed E-state index contributed by atoms with van der Waals surface area (Å²) in [6.07, 6.45) is 1.20. The molecule has 5 heteroatoms. The molecule has 0 aliphatic heterocycles. The fraction of sp³-hybridized carbons (Fsp3) is 0.333. The Labute approximate surface area is 97.2 Å². The number of phenolic OH excluding ortho intramolecular Hbond substituents is 1. The van der Waals surface area contributed by atoms with Crippen molar-refractivity contribution in [3.8, 4) is 5.75 Å². The summed E-state index contributed by atoms with van der Waals surface area (Å²) >= 11 is 1.97. The Kier molecular flexibility index (Phi) is 3.41. The molecule has 1 aromatic rings. The van der Waals surface area contributed by atoms with Gasteiger partial charge in [0.05, 0.1) is 9.32 Å². The molecule has 3 nitrogen and oxygen atoms in total. The zero-order chi connectivity index (χ0) is 10.9. The lowest BCUT2D eigenvalue weighted by Gasteiger charge is -2.06. The second kappa shape index (κ2) is 4.06. The fourth-order valence-corrected chi connectivity index (χ4v) is 2.55. The predicted molar refractivity (Wildman–Crippen MR) is 64.1 cm³/mol. The van der Waals surface area contributed by atoms with Crippen molar-refractivity contribution in [3.63, 3.8) is 0 Å². The Bertz CT molecular complexity index is 451. The largest absolute Gasteiger partial charge is 0.507 e. The highest BCUT2D eigenvalue weighted by Crippen LogP contribution is 2.24. The van der Waals surface area contributed by atoms with E-state index in [1.54, 1.807) is 19.1 Å². The van der Waals surface area contributed by atoms with Crippen molar-refractivity contribution >= 4 is 32.4 Å². The van der Waals surface area contributed by atoms with Gasteiger partial charge >= 0.3 is 0 Å². The van der Waals surface area contributed by atoms with Crippen LogP contribution in [0.15, 0.2) is 12.1 Å². The number of hydrogen-bond donors (Lipinski definition) is 1. The van der Waals surface area contributed by atoms with Crippen molar-refractivity contribution in [1.82, 2.24) is 0 Å². The molecule has 0 saturated carbocycles. The SMILES string of the molecule is Cc1cc(O)c(I)cc1CS(C)(=O)=O. The van der Waals surface area contributed by atoms with E-state index in [4.69, 9.17) is 0 Å². The summed E-state index contributed by atoms with van der Waals surface area (Å²) in [5.74, 6) is 0.218. The molecule has 0 radical (unpaired) electrons. The molecule has 0 aliphatic carbocycles. The molecule has 78 valence electrons. The summed E-state index contributed by atoms with van der Waals surface area (Å²) in [4.78, 5) is 0. The summed E-state index contributed by atoms with van der Waals surface area (Å²) in [6, 6.07) is 3.29. The van der Waals surface area contributed by atoms with Crippen molar-refractivity contribution < 1.29 is 13.5 Å². The third-order valence-corrected chi connectivity index (χ3v) is 3.52. The normalized spacial score (nSPS) is 11.6. The summed E-state index contributed by atoms with van der Waals surface area (Å²) < 4.78 is 22.8. The third-order valence-electron chi connectivity index (χ3n) is 1.82. The zero-order valence-electron chi connectivity index (χ0n) is 7.91. The van der Waals surface area contributed by atoms with Gasteiger partial charge in [0.2, 0.25) is 0 Å². The molecule has 0 spiro atoms. The van der Waals surface area contributed by atoms with Gasteiger partial charge in [0.25, 0.3) is 0 Å². The van der Waals surface area contributed by atoms with Gasteiger partial charge in [-0.2, -0.15) is 0 Å². The van der Waals surface area contributed by atoms with Crippen LogP contribution in [-0.2, 0) is 15.6 Å². The highest BCUT2D eigenvalue weighted by atomic mass is 127. The van der Waals surface area contributed by atoms with E-state index in [0.717, 1.165) is 11.1 Å². The van der Waals surface area contributed by atoms with E-state index in [0.29, 0.717) is 3.57 Å². The first-order valence-electron chi connectivity index (χ1n) is 3.95. The predicted octanol–water partition coefficient (Wildman–Crippen LogP) is 1.85. The number of hydrogen-bond acceptors (Lipinski definition) is 3. The lowest BCUT2D eigenvalue weighted by molar-refractivity contribution is 0.471. The third kappa shape index (κ3) is 3.13. The molecule has 0 heterocycles. The minimum atomic E-state index is -3.01. The Morgan fingerprint density at radius 1 is 1.43 bits per heavy atom. The smallest absolute Gasteiger partial charge is 0.151 e. The molecule has 1 aromatic carbocycles. The zero-order valence-corrected chi connectivity index (χ0v) is 10.9. The van der Waals surface area contributed by atoms with E-state index in [1.807, 2.05) is 22.6 Å². The fourth-order valence-electron chi connectivity index (χ4n) is 1.15. The first kappa shape index (κ1) is 11.8. The average molecular weight is 326 g/mol. The first-order chi connectivity index (χ1) is 6.29. The summed E-state index contributed by atoms with van der Waals surface area (Å²) in [5.41, 5.74) is 1.54. The van der Waals surface area contributed by atoms with Crippen LogP contribution in [0.5, 0.6) is 5.75 Å². The maximum Gasteiger partial charge on any atom is 0.151 e. The molecule has 1 N–H and O–H groups in total. The van der Waals surface area contributed by atoms with Gasteiger partial charge in [-0.1, -0.05) is 0 Å². The number of halogens is 1. The van der Waals surface area contributed by atoms with Gasteiger partial charge in [-0.15, -0.1) is 0 Å². The molecule has 0 amide bonds. The van der Waals surface area contributed by atoms with Gasteiger partial charge in [-0.3, -0.25) is 0 Å². The highest BCUT2D eigenvalue weighted by Gasteiger charge is 2.09. The molecule has 1 rings (SSSR count). The number of aromatic hydroxyl groups is 1. The minimum absolute atomic E-state index is 0.0229. The molecule has 0 saturated heterocycles. The maximum atomic E-state index is 11.1. The highest BCUT2D eigenvalue weighted by molar-refractivity contribution is 14.1. The number of phenols is 1. The van der Waals surface area contributed by atoms with Crippen LogP contribution in [0.2, 0.25) is 0 Å². The minimum Gasteiger partial charge on any atom is -0.507 e. The van der Waals surface area contributed by atoms with Crippen molar-refractivity contribution in [3.05, 3.63) is 26.8 Å². The van der Waals surface area contributed by atoms with Crippen molar-refractivity contribution in [2.75, 3.05) is 6.26 Å². The standard InChI is InChI=1S/C9H11IO3S/c1-6-3-9(11)8(10)4-7(6)5-14(2,12)13/h3-4,11H,5H2,1-2H3. The van der Waals surface area contributed by atoms with Crippen LogP contribution in [0, 0.1) is 10.5 Å². The van der Waals surface area contributed by atoms with Crippen LogP contribution in [-0.4, -0.2) is 19.8 Å². The lowest BCUT2D eigenvalue weighted by Crippen LogP contribution is -2.02. The second-order valence-corrected chi connectivity index (χ2v) is 6.60. The summed E-state index contributed by atoms with van der Waals surface area (Å²) in [7, 11) is -3.01. The molecular formula is C9H11IO3S. The maximum absolute atomic E-state index is 11.1. The number of benzene rings is 1. The molecule has 14 heavy (non-hydrogen) atoms. The van der Waals surface area contributed by atoms with Crippen LogP contribution in [0.1, 0.15) is 11.1 Å². The van der Waals surface area contributed by atoms with Crippen LogP contribution in [0.25, 0.3) is 0 Å². The van der Waals surface area contributed by atoms with Gasteiger partial charge in [-0.25, -0.2) is 8.42 Å². The van der Waals surface area contributed by atoms with E-state index >= 15 is 0 Å². The van der Waals surface area contributed by atoms with E-state index in [2.05, 4.69) is 0 Å². The molecular weight excluding hydrogens is 315 g/mol. The Morgan fingerprint density at radius 3 is 2.50 bits per heavy atom. The topological polar surface area (TPSA) is 54.4 Å². The van der Waals surface area contributed by atoms with Crippen molar-refractivity contribution in [2.45, 2.75) is 12.7 Å². The Hall–Kier alpha value is -0.300. The van der Waals surface area contributed by atoms with Gasteiger partial charge < -0.3 is 5.11 Å². The molecule has 0 aliphatic rings. The van der Waals surface area contributed by atoms with E-state index in [1.165, 1.54) is 6.26 Å². The average Bonchev–Trinajstić information content (AvgIpc) is 1.97. The number of sulfone groups is 1. The lowest BCUT2D eigenvalue weighted by atomic mass is 10.1. The van der Waals surface area contributed by atoms with Gasteiger partial charge in [0.15, 0.2) is 9.84 Å². The second-order valence-electron chi connectivity index (χ2n) is 3.30. The van der Waals surface area contributed by atoms with Gasteiger partial charge in [-0.05, 0) is 52.8 Å². The van der Waals surface area contributed by atoms with Gasteiger partial charge in [0, 0.05) is 6.26 Å². The summed E-state index contributed by atoms with van der Waals surface area (Å²) in [5, 5.41) is 9.37. The van der Waals surface area contributed by atoms with Gasteiger partial charge in [0.1, 0.15) is 5.75 Å². The molecule has 0 bridgehead atoms. The Balaban J connectivity index is 3.17. The number of rotatable bonds is 2. The number of aryl methyl sites for hydroxylation is 1. The monoisotopic (exact) mass is 326 g/mol. The van der Waals surface area contributed by atoms with Crippen molar-refractivity contribution in [2.24, 2.45) is 0 Å². The van der Waals surface area contributed by atoms with Crippen molar-refractivity contribution in [1.29, 1.82) is 0 Å². The van der Waals surface area contributed by atoms with Crippen LogP contribution in [0.3, 0.4) is 0 Å². The first-order valence-corrected chi connectivity index (χ1v) is 7.09. The quantitative estimate of drug-likeness (QED) is 0.844. The molecule has 0 unspecified atom stereocenters. The Morgan fingerprint density at radius 2 is 2.00 bits per heavy atom.